The van der Waals surface area contributed by atoms with Crippen LogP contribution in [0, 0.1) is 6.92 Å². The Morgan fingerprint density at radius 2 is 2.31 bits per heavy atom. The van der Waals surface area contributed by atoms with Gasteiger partial charge in [0.15, 0.2) is 0 Å². The Morgan fingerprint density at radius 1 is 1.56 bits per heavy atom. The molecule has 0 unspecified atom stereocenters. The van der Waals surface area contributed by atoms with Gasteiger partial charge < -0.3 is 5.11 Å². The zero-order valence-corrected chi connectivity index (χ0v) is 10.9. The van der Waals surface area contributed by atoms with Gasteiger partial charge in [-0.2, -0.15) is 0 Å². The zero-order chi connectivity index (χ0) is 11.6. The summed E-state index contributed by atoms with van der Waals surface area (Å²) in [4.78, 5) is 7.96. The summed E-state index contributed by atoms with van der Waals surface area (Å²) in [6.45, 7) is 6.93. The average molecular weight is 240 g/mol. The molecule has 0 saturated carbocycles. The number of thiazole rings is 1. The van der Waals surface area contributed by atoms with E-state index in [0.717, 1.165) is 44.6 Å². The highest BCUT2D eigenvalue weighted by Crippen LogP contribution is 2.26. The molecule has 3 nitrogen and oxygen atoms in total. The quantitative estimate of drug-likeness (QED) is 0.853. The normalized spacial score (nSPS) is 19.7. The molecule has 1 N–H and O–H groups in total. The third kappa shape index (κ3) is 2.62. The zero-order valence-electron chi connectivity index (χ0n) is 10.1. The van der Waals surface area contributed by atoms with Crippen molar-refractivity contribution in [3.63, 3.8) is 0 Å². The largest absolute Gasteiger partial charge is 0.387 e. The van der Waals surface area contributed by atoms with Gasteiger partial charge in [0.25, 0.3) is 0 Å². The van der Waals surface area contributed by atoms with Crippen LogP contribution in [0.5, 0.6) is 0 Å². The van der Waals surface area contributed by atoms with Crippen molar-refractivity contribution in [2.24, 2.45) is 0 Å². The molecule has 1 aliphatic heterocycles. The van der Waals surface area contributed by atoms with Crippen LogP contribution in [0.3, 0.4) is 0 Å². The molecule has 0 atom stereocenters. The van der Waals surface area contributed by atoms with Gasteiger partial charge in [0, 0.05) is 24.5 Å². The second kappa shape index (κ2) is 4.82. The second-order valence-corrected chi connectivity index (χ2v) is 5.74. The lowest BCUT2D eigenvalue weighted by molar-refractivity contribution is -0.102. The van der Waals surface area contributed by atoms with Gasteiger partial charge in [0.1, 0.15) is 0 Å². The Kier molecular flexibility index (Phi) is 3.62. The van der Waals surface area contributed by atoms with Crippen LogP contribution in [0.15, 0.2) is 5.51 Å². The molecule has 1 fully saturated rings. The molecule has 0 aromatic carbocycles. The molecule has 0 radical (unpaired) electrons. The summed E-state index contributed by atoms with van der Waals surface area (Å²) >= 11 is 1.74. The van der Waals surface area contributed by atoms with E-state index in [-0.39, 0.29) is 0 Å². The number of hydrogen-bond acceptors (Lipinski definition) is 4. The Balaban J connectivity index is 1.72. The summed E-state index contributed by atoms with van der Waals surface area (Å²) < 4.78 is 0. The van der Waals surface area contributed by atoms with Crippen LogP contribution in [-0.2, 0) is 6.42 Å². The number of rotatable bonds is 5. The van der Waals surface area contributed by atoms with E-state index >= 15 is 0 Å². The number of β-amino-alcohol motifs (C(OH)–C–C–N with tert-alkyl or cyclic N) is 1. The molecule has 1 saturated heterocycles. The molecule has 2 rings (SSSR count). The van der Waals surface area contributed by atoms with Crippen molar-refractivity contribution in [3.05, 3.63) is 16.1 Å². The van der Waals surface area contributed by atoms with Crippen LogP contribution in [0.2, 0.25) is 0 Å². The van der Waals surface area contributed by atoms with Crippen LogP contribution in [0.25, 0.3) is 0 Å². The standard InChI is InChI=1S/C12H20N2OS/c1-3-5-12(15)7-14(8-12)6-4-11-10(2)13-9-16-11/h9,15H,3-8H2,1-2H3. The maximum Gasteiger partial charge on any atom is 0.0900 e. The van der Waals surface area contributed by atoms with Gasteiger partial charge in [-0.15, -0.1) is 11.3 Å². The first kappa shape index (κ1) is 12.0. The van der Waals surface area contributed by atoms with Crippen molar-refractivity contribution in [2.45, 2.75) is 38.7 Å². The molecule has 16 heavy (non-hydrogen) atoms. The first-order valence-electron chi connectivity index (χ1n) is 5.97. The molecule has 0 spiro atoms. The lowest BCUT2D eigenvalue weighted by Gasteiger charge is -2.46. The van der Waals surface area contributed by atoms with Gasteiger partial charge in [-0.25, -0.2) is 4.98 Å². The minimum absolute atomic E-state index is 0.391. The van der Waals surface area contributed by atoms with Gasteiger partial charge in [-0.05, 0) is 19.8 Å². The van der Waals surface area contributed by atoms with Crippen molar-refractivity contribution >= 4 is 11.3 Å². The topological polar surface area (TPSA) is 36.4 Å². The van der Waals surface area contributed by atoms with Crippen LogP contribution in [0.4, 0.5) is 0 Å². The summed E-state index contributed by atoms with van der Waals surface area (Å²) in [5.41, 5.74) is 2.68. The van der Waals surface area contributed by atoms with E-state index in [9.17, 15) is 5.11 Å². The summed E-state index contributed by atoms with van der Waals surface area (Å²) in [5, 5.41) is 10.0. The highest BCUT2D eigenvalue weighted by atomic mass is 32.1. The number of hydrogen-bond donors (Lipinski definition) is 1. The molecule has 0 aliphatic carbocycles. The predicted octanol–water partition coefficient (Wildman–Crippen LogP) is 1.84. The summed E-state index contributed by atoms with van der Waals surface area (Å²) in [5.74, 6) is 0. The lowest BCUT2D eigenvalue weighted by atomic mass is 9.89. The van der Waals surface area contributed by atoms with E-state index in [1.165, 1.54) is 4.88 Å². The SMILES string of the molecule is CCCC1(O)CN(CCc2scnc2C)C1. The lowest BCUT2D eigenvalue weighted by Crippen LogP contribution is -2.61. The van der Waals surface area contributed by atoms with E-state index in [4.69, 9.17) is 0 Å². The smallest absolute Gasteiger partial charge is 0.0900 e. The number of nitrogens with zero attached hydrogens (tertiary/aromatic N) is 2. The van der Waals surface area contributed by atoms with Crippen molar-refractivity contribution in [1.29, 1.82) is 0 Å². The molecule has 1 aliphatic rings. The minimum Gasteiger partial charge on any atom is -0.387 e. The first-order valence-corrected chi connectivity index (χ1v) is 6.84. The minimum atomic E-state index is -0.391. The molecule has 0 amide bonds. The summed E-state index contributed by atoms with van der Waals surface area (Å²) in [6, 6.07) is 0. The number of likely N-dealkylation sites (tertiary alicyclic amines) is 1. The molecule has 1 aromatic heterocycles. The fourth-order valence-corrected chi connectivity index (χ4v) is 3.16. The Labute approximate surface area is 101 Å². The van der Waals surface area contributed by atoms with E-state index in [0.29, 0.717) is 0 Å². The van der Waals surface area contributed by atoms with E-state index in [1.807, 2.05) is 5.51 Å². The molecular formula is C12H20N2OS. The third-order valence-electron chi connectivity index (χ3n) is 3.25. The van der Waals surface area contributed by atoms with Gasteiger partial charge in [0.05, 0.1) is 16.8 Å². The molecule has 4 heteroatoms. The number of aliphatic hydroxyl groups is 1. The van der Waals surface area contributed by atoms with Crippen molar-refractivity contribution in [2.75, 3.05) is 19.6 Å². The molecule has 90 valence electrons. The van der Waals surface area contributed by atoms with Crippen LogP contribution >= 0.6 is 11.3 Å². The van der Waals surface area contributed by atoms with E-state index < -0.39 is 5.60 Å². The maximum atomic E-state index is 10.0. The predicted molar refractivity (Wildman–Crippen MR) is 66.9 cm³/mol. The Hall–Kier alpha value is -0.450. The summed E-state index contributed by atoms with van der Waals surface area (Å²) in [7, 11) is 0. The maximum absolute atomic E-state index is 10.0. The van der Waals surface area contributed by atoms with Gasteiger partial charge in [-0.3, -0.25) is 4.90 Å². The highest BCUT2D eigenvalue weighted by molar-refractivity contribution is 7.09. The van der Waals surface area contributed by atoms with Crippen molar-refractivity contribution < 1.29 is 5.11 Å². The van der Waals surface area contributed by atoms with Crippen molar-refractivity contribution in [1.82, 2.24) is 9.88 Å². The third-order valence-corrected chi connectivity index (χ3v) is 4.25. The van der Waals surface area contributed by atoms with E-state index in [1.54, 1.807) is 11.3 Å². The van der Waals surface area contributed by atoms with Crippen molar-refractivity contribution in [3.8, 4) is 0 Å². The second-order valence-electron chi connectivity index (χ2n) is 4.80. The molecule has 1 aromatic rings. The fraction of sp³-hybridized carbons (Fsp3) is 0.750. The first-order chi connectivity index (χ1) is 7.63. The van der Waals surface area contributed by atoms with E-state index in [2.05, 4.69) is 23.7 Å². The van der Waals surface area contributed by atoms with Crippen LogP contribution in [0.1, 0.15) is 30.3 Å². The van der Waals surface area contributed by atoms with Gasteiger partial charge >= 0.3 is 0 Å². The Morgan fingerprint density at radius 3 is 2.88 bits per heavy atom. The number of aryl methyl sites for hydroxylation is 1. The highest BCUT2D eigenvalue weighted by Gasteiger charge is 2.39. The molecular weight excluding hydrogens is 220 g/mol. The monoisotopic (exact) mass is 240 g/mol. The van der Waals surface area contributed by atoms with Gasteiger partial charge in [0.2, 0.25) is 0 Å². The fourth-order valence-electron chi connectivity index (χ4n) is 2.39. The van der Waals surface area contributed by atoms with Gasteiger partial charge in [-0.1, -0.05) is 13.3 Å². The average Bonchev–Trinajstić information content (AvgIpc) is 2.58. The summed E-state index contributed by atoms with van der Waals surface area (Å²) in [6.07, 6.45) is 3.07. The van der Waals surface area contributed by atoms with Crippen LogP contribution < -0.4 is 0 Å². The number of aromatic nitrogens is 1. The molecule has 2 heterocycles. The molecule has 0 bridgehead atoms. The Bertz CT molecular complexity index is 345. The van der Waals surface area contributed by atoms with Crippen LogP contribution in [-0.4, -0.2) is 40.2 Å².